The lowest BCUT2D eigenvalue weighted by Gasteiger charge is -2.43. The largest absolute Gasteiger partial charge is 0.384 e. The van der Waals surface area contributed by atoms with E-state index in [2.05, 4.69) is 28.9 Å². The molecule has 0 amide bonds. The number of thioether (sulfide) groups is 1. The first-order chi connectivity index (χ1) is 8.78. The second-order valence-electron chi connectivity index (χ2n) is 5.82. The van der Waals surface area contributed by atoms with Crippen LogP contribution in [0.5, 0.6) is 0 Å². The Bertz CT molecular complexity index is 238. The molecule has 0 aromatic heterocycles. The molecule has 1 unspecified atom stereocenters. The summed E-state index contributed by atoms with van der Waals surface area (Å²) in [6.45, 7) is 9.33. The highest BCUT2D eigenvalue weighted by Crippen LogP contribution is 2.32. The fourth-order valence-corrected chi connectivity index (χ4v) is 4.51. The van der Waals surface area contributed by atoms with Gasteiger partial charge in [-0.1, -0.05) is 6.92 Å². The van der Waals surface area contributed by atoms with Crippen molar-refractivity contribution in [2.45, 2.75) is 31.4 Å². The highest BCUT2D eigenvalue weighted by atomic mass is 32.2. The average Bonchev–Trinajstić information content (AvgIpc) is 2.40. The summed E-state index contributed by atoms with van der Waals surface area (Å²) in [5, 5.41) is 4.32. The van der Waals surface area contributed by atoms with Gasteiger partial charge in [0.25, 0.3) is 0 Å². The quantitative estimate of drug-likeness (QED) is 0.825. The molecule has 2 saturated heterocycles. The molecule has 0 aliphatic carbocycles. The molecule has 2 rings (SSSR count). The van der Waals surface area contributed by atoms with Crippen molar-refractivity contribution in [3.8, 4) is 0 Å². The lowest BCUT2D eigenvalue weighted by Crippen LogP contribution is -2.50. The monoisotopic (exact) mass is 272 g/mol. The lowest BCUT2D eigenvalue weighted by molar-refractivity contribution is 0.0231. The van der Waals surface area contributed by atoms with E-state index in [-0.39, 0.29) is 0 Å². The van der Waals surface area contributed by atoms with Crippen molar-refractivity contribution in [3.05, 3.63) is 0 Å². The van der Waals surface area contributed by atoms with Crippen LogP contribution < -0.4 is 5.32 Å². The number of ether oxygens (including phenoxy) is 1. The van der Waals surface area contributed by atoms with Crippen molar-refractivity contribution in [3.63, 3.8) is 0 Å². The topological polar surface area (TPSA) is 24.5 Å². The molecule has 2 heterocycles. The van der Waals surface area contributed by atoms with Crippen molar-refractivity contribution in [1.29, 1.82) is 0 Å². The van der Waals surface area contributed by atoms with Crippen LogP contribution in [0.15, 0.2) is 0 Å². The number of methoxy groups -OCH3 is 1. The number of nitrogens with zero attached hydrogens (tertiary/aromatic N) is 1. The summed E-state index contributed by atoms with van der Waals surface area (Å²) in [4.78, 5) is 2.69. The minimum Gasteiger partial charge on any atom is -0.384 e. The molecule has 0 radical (unpaired) electrons. The fraction of sp³-hybridized carbons (Fsp3) is 1.00. The Morgan fingerprint density at radius 2 is 2.17 bits per heavy atom. The Balaban J connectivity index is 1.91. The molecule has 0 aromatic carbocycles. The average molecular weight is 272 g/mol. The maximum Gasteiger partial charge on any atom is 0.0531 e. The zero-order valence-corrected chi connectivity index (χ0v) is 12.7. The van der Waals surface area contributed by atoms with Crippen molar-refractivity contribution >= 4 is 11.8 Å². The van der Waals surface area contributed by atoms with Crippen LogP contribution in [0.2, 0.25) is 0 Å². The standard InChI is InChI=1S/C14H28N2OS/c1-3-13-10-16(8-9-18-13)11-14(12-17-2)4-6-15-7-5-14/h13,15H,3-12H2,1-2H3. The van der Waals surface area contributed by atoms with Gasteiger partial charge in [-0.05, 0) is 32.4 Å². The van der Waals surface area contributed by atoms with Crippen LogP contribution in [-0.4, -0.2) is 62.3 Å². The Kier molecular flexibility index (Phi) is 5.80. The summed E-state index contributed by atoms with van der Waals surface area (Å²) in [7, 11) is 1.85. The molecule has 2 aliphatic rings. The molecule has 0 aromatic rings. The smallest absolute Gasteiger partial charge is 0.0531 e. The molecule has 0 saturated carbocycles. The SMILES string of the molecule is CCC1CN(CC2(COC)CCNCC2)CCS1. The summed E-state index contributed by atoms with van der Waals surface area (Å²) in [5.74, 6) is 1.31. The van der Waals surface area contributed by atoms with Crippen LogP contribution in [0.3, 0.4) is 0 Å². The Morgan fingerprint density at radius 3 is 2.83 bits per heavy atom. The van der Waals surface area contributed by atoms with Crippen LogP contribution in [0.4, 0.5) is 0 Å². The van der Waals surface area contributed by atoms with Gasteiger partial charge in [0.15, 0.2) is 0 Å². The van der Waals surface area contributed by atoms with E-state index in [1.165, 1.54) is 44.6 Å². The van der Waals surface area contributed by atoms with E-state index in [0.29, 0.717) is 5.41 Å². The molecule has 0 bridgehead atoms. The van der Waals surface area contributed by atoms with Gasteiger partial charge in [-0.15, -0.1) is 0 Å². The number of rotatable bonds is 5. The number of piperidine rings is 1. The molecule has 1 atom stereocenters. The molecule has 106 valence electrons. The minimum absolute atomic E-state index is 0.403. The van der Waals surface area contributed by atoms with Gasteiger partial charge in [0, 0.05) is 43.2 Å². The van der Waals surface area contributed by atoms with E-state index < -0.39 is 0 Å². The second-order valence-corrected chi connectivity index (χ2v) is 7.23. The van der Waals surface area contributed by atoms with E-state index in [1.807, 2.05) is 7.11 Å². The third kappa shape index (κ3) is 3.86. The van der Waals surface area contributed by atoms with Crippen LogP contribution in [0, 0.1) is 5.41 Å². The van der Waals surface area contributed by atoms with Crippen LogP contribution in [0.25, 0.3) is 0 Å². The van der Waals surface area contributed by atoms with E-state index in [1.54, 1.807) is 0 Å². The molecular formula is C14H28N2OS. The molecular weight excluding hydrogens is 244 g/mol. The first-order valence-electron chi connectivity index (χ1n) is 7.31. The maximum absolute atomic E-state index is 5.52. The lowest BCUT2D eigenvalue weighted by atomic mass is 9.79. The van der Waals surface area contributed by atoms with Gasteiger partial charge < -0.3 is 15.0 Å². The van der Waals surface area contributed by atoms with Gasteiger partial charge in [0.1, 0.15) is 0 Å². The number of hydrogen-bond acceptors (Lipinski definition) is 4. The van der Waals surface area contributed by atoms with E-state index in [0.717, 1.165) is 24.9 Å². The zero-order valence-electron chi connectivity index (χ0n) is 11.9. The van der Waals surface area contributed by atoms with Gasteiger partial charge in [-0.2, -0.15) is 11.8 Å². The summed E-state index contributed by atoms with van der Waals surface area (Å²) in [5.41, 5.74) is 0.403. The van der Waals surface area contributed by atoms with Gasteiger partial charge in [-0.25, -0.2) is 0 Å². The summed E-state index contributed by atoms with van der Waals surface area (Å²) in [6, 6.07) is 0. The van der Waals surface area contributed by atoms with Crippen molar-refractivity contribution in [1.82, 2.24) is 10.2 Å². The molecule has 4 heteroatoms. The third-order valence-electron chi connectivity index (χ3n) is 4.35. The summed E-state index contributed by atoms with van der Waals surface area (Å²) >= 11 is 2.16. The zero-order chi connectivity index (χ0) is 12.8. The van der Waals surface area contributed by atoms with Gasteiger partial charge in [0.05, 0.1) is 6.61 Å². The number of nitrogens with one attached hydrogen (secondary N) is 1. The molecule has 1 N–H and O–H groups in total. The summed E-state index contributed by atoms with van der Waals surface area (Å²) < 4.78 is 5.52. The third-order valence-corrected chi connectivity index (χ3v) is 5.72. The van der Waals surface area contributed by atoms with Gasteiger partial charge in [0.2, 0.25) is 0 Å². The predicted octanol–water partition coefficient (Wildman–Crippen LogP) is 1.83. The Labute approximate surface area is 116 Å². The molecule has 0 spiro atoms. The summed E-state index contributed by atoms with van der Waals surface area (Å²) in [6.07, 6.45) is 3.84. The molecule has 2 aliphatic heterocycles. The van der Waals surface area contributed by atoms with Crippen LogP contribution in [0.1, 0.15) is 26.2 Å². The highest BCUT2D eigenvalue weighted by molar-refractivity contribution is 8.00. The highest BCUT2D eigenvalue weighted by Gasteiger charge is 2.35. The molecule has 2 fully saturated rings. The first kappa shape index (κ1) is 14.6. The normalized spacial score (nSPS) is 29.3. The Morgan fingerprint density at radius 1 is 1.39 bits per heavy atom. The van der Waals surface area contributed by atoms with E-state index >= 15 is 0 Å². The molecule has 3 nitrogen and oxygen atoms in total. The van der Waals surface area contributed by atoms with Crippen molar-refractivity contribution in [2.75, 3.05) is 52.2 Å². The Hall–Kier alpha value is 0.230. The maximum atomic E-state index is 5.52. The predicted molar refractivity (Wildman–Crippen MR) is 79.4 cm³/mol. The second kappa shape index (κ2) is 7.13. The fourth-order valence-electron chi connectivity index (χ4n) is 3.26. The van der Waals surface area contributed by atoms with E-state index in [4.69, 9.17) is 4.74 Å². The van der Waals surface area contributed by atoms with Gasteiger partial charge in [-0.3, -0.25) is 0 Å². The minimum atomic E-state index is 0.403. The van der Waals surface area contributed by atoms with E-state index in [9.17, 15) is 0 Å². The van der Waals surface area contributed by atoms with Gasteiger partial charge >= 0.3 is 0 Å². The van der Waals surface area contributed by atoms with Crippen molar-refractivity contribution < 1.29 is 4.74 Å². The van der Waals surface area contributed by atoms with Crippen molar-refractivity contribution in [2.24, 2.45) is 5.41 Å². The molecule has 18 heavy (non-hydrogen) atoms. The van der Waals surface area contributed by atoms with Crippen LogP contribution >= 0.6 is 11.8 Å². The van der Waals surface area contributed by atoms with Crippen LogP contribution in [-0.2, 0) is 4.74 Å². The number of hydrogen-bond donors (Lipinski definition) is 1. The first-order valence-corrected chi connectivity index (χ1v) is 8.36.